The van der Waals surface area contributed by atoms with Gasteiger partial charge in [0, 0.05) is 12.6 Å². The summed E-state index contributed by atoms with van der Waals surface area (Å²) in [6.45, 7) is 0.567. The van der Waals surface area contributed by atoms with Gasteiger partial charge in [-0.3, -0.25) is 0 Å². The molecule has 3 atom stereocenters. The van der Waals surface area contributed by atoms with Crippen molar-refractivity contribution >= 4 is 0 Å². The predicted octanol–water partition coefficient (Wildman–Crippen LogP) is 0.678. The van der Waals surface area contributed by atoms with E-state index in [2.05, 4.69) is 5.32 Å². The summed E-state index contributed by atoms with van der Waals surface area (Å²) in [5, 5.41) is 2.77. The maximum Gasteiger partial charge on any atom is 0.416 e. The Morgan fingerprint density at radius 1 is 1.36 bits per heavy atom. The van der Waals surface area contributed by atoms with Crippen molar-refractivity contribution in [2.24, 2.45) is 0 Å². The topological polar surface area (TPSA) is 21.3 Å². The first-order valence-electron chi connectivity index (χ1n) is 3.53. The number of rotatable bonds is 0. The second kappa shape index (κ2) is 2.10. The molecule has 2 heterocycles. The molecule has 64 valence electrons. The molecule has 2 rings (SSSR count). The van der Waals surface area contributed by atoms with Gasteiger partial charge in [0.05, 0.1) is 6.10 Å². The first-order valence-corrected chi connectivity index (χ1v) is 3.53. The van der Waals surface area contributed by atoms with E-state index in [4.69, 9.17) is 4.74 Å². The quantitative estimate of drug-likeness (QED) is 0.572. The van der Waals surface area contributed by atoms with Crippen LogP contribution in [0.15, 0.2) is 0 Å². The number of halogens is 3. The van der Waals surface area contributed by atoms with Gasteiger partial charge < -0.3 is 10.1 Å². The van der Waals surface area contributed by atoms with Crippen molar-refractivity contribution in [2.75, 3.05) is 6.54 Å². The van der Waals surface area contributed by atoms with E-state index in [9.17, 15) is 13.2 Å². The number of fused-ring (bicyclic) bond motifs is 2. The normalized spacial score (nSPS) is 43.4. The lowest BCUT2D eigenvalue weighted by atomic mass is 10.1. The summed E-state index contributed by atoms with van der Waals surface area (Å²) in [5.41, 5.74) is 0. The van der Waals surface area contributed by atoms with Gasteiger partial charge in [0.2, 0.25) is 0 Å². The van der Waals surface area contributed by atoms with Gasteiger partial charge in [0.1, 0.15) is 0 Å². The van der Waals surface area contributed by atoms with E-state index >= 15 is 0 Å². The summed E-state index contributed by atoms with van der Waals surface area (Å²) in [6, 6.07) is -0.500. The molecule has 2 saturated heterocycles. The number of morpholine rings is 1. The maximum atomic E-state index is 12.1. The Labute approximate surface area is 61.7 Å². The Morgan fingerprint density at radius 2 is 2.09 bits per heavy atom. The monoisotopic (exact) mass is 167 g/mol. The number of hydrogen-bond acceptors (Lipinski definition) is 2. The average Bonchev–Trinajstić information content (AvgIpc) is 2.42. The molecule has 1 unspecified atom stereocenters. The molecular formula is C6H8F3NO. The lowest BCUT2D eigenvalue weighted by Gasteiger charge is -2.25. The third-order valence-corrected chi connectivity index (χ3v) is 2.15. The Bertz CT molecular complexity index is 170. The smallest absolute Gasteiger partial charge is 0.362 e. The van der Waals surface area contributed by atoms with Crippen LogP contribution in [0.5, 0.6) is 0 Å². The number of nitrogens with one attached hydrogen (secondary N) is 1. The van der Waals surface area contributed by atoms with Gasteiger partial charge in [-0.1, -0.05) is 0 Å². The number of ether oxygens (including phenoxy) is 1. The van der Waals surface area contributed by atoms with E-state index in [1.807, 2.05) is 0 Å². The first-order chi connectivity index (χ1) is 5.07. The Morgan fingerprint density at radius 3 is 2.36 bits per heavy atom. The molecule has 2 aliphatic rings. The molecule has 2 fully saturated rings. The second-order valence-electron chi connectivity index (χ2n) is 2.97. The SMILES string of the molecule is FC(F)(F)C1O[C@H]2CN[C@@H]1C2. The molecule has 1 N–H and O–H groups in total. The number of hydrogen-bond donors (Lipinski definition) is 1. The predicted molar refractivity (Wildman–Crippen MR) is 31.1 cm³/mol. The minimum absolute atomic E-state index is 0.216. The van der Waals surface area contributed by atoms with E-state index in [0.717, 1.165) is 0 Å². The molecule has 2 bridgehead atoms. The molecule has 0 aliphatic carbocycles. The summed E-state index contributed by atoms with van der Waals surface area (Å²) in [4.78, 5) is 0. The number of alkyl halides is 3. The summed E-state index contributed by atoms with van der Waals surface area (Å²) in [7, 11) is 0. The van der Waals surface area contributed by atoms with Crippen molar-refractivity contribution in [1.29, 1.82) is 0 Å². The zero-order valence-corrected chi connectivity index (χ0v) is 5.69. The zero-order chi connectivity index (χ0) is 8.06. The van der Waals surface area contributed by atoms with Gasteiger partial charge in [-0.05, 0) is 6.42 Å². The highest BCUT2D eigenvalue weighted by Gasteiger charge is 2.54. The standard InChI is InChI=1S/C6H8F3NO/c7-6(8,9)5-4-1-3(11-5)2-10-4/h3-5,10H,1-2H2/t3-,4-,5?/m1/s1. The Balaban J connectivity index is 2.08. The Kier molecular flexibility index (Phi) is 1.41. The van der Waals surface area contributed by atoms with Crippen LogP contribution in [0.3, 0.4) is 0 Å². The van der Waals surface area contributed by atoms with Crippen molar-refractivity contribution in [3.05, 3.63) is 0 Å². The minimum atomic E-state index is -4.20. The highest BCUT2D eigenvalue weighted by molar-refractivity contribution is 4.98. The third kappa shape index (κ3) is 1.12. The van der Waals surface area contributed by atoms with Crippen molar-refractivity contribution < 1.29 is 17.9 Å². The van der Waals surface area contributed by atoms with Crippen LogP contribution < -0.4 is 5.32 Å². The van der Waals surface area contributed by atoms with Crippen LogP contribution in [0.2, 0.25) is 0 Å². The van der Waals surface area contributed by atoms with Crippen LogP contribution in [0.4, 0.5) is 13.2 Å². The minimum Gasteiger partial charge on any atom is -0.362 e. The van der Waals surface area contributed by atoms with E-state index in [-0.39, 0.29) is 6.10 Å². The highest BCUT2D eigenvalue weighted by Crippen LogP contribution is 2.36. The third-order valence-electron chi connectivity index (χ3n) is 2.15. The van der Waals surface area contributed by atoms with Crippen molar-refractivity contribution in [2.45, 2.75) is 30.8 Å². The van der Waals surface area contributed by atoms with Crippen molar-refractivity contribution in [3.63, 3.8) is 0 Å². The highest BCUT2D eigenvalue weighted by atomic mass is 19.4. The summed E-state index contributed by atoms with van der Waals surface area (Å²) in [6.07, 6.45) is -5.48. The van der Waals surface area contributed by atoms with E-state index < -0.39 is 18.3 Å². The molecule has 0 aromatic rings. The molecule has 0 radical (unpaired) electrons. The lowest BCUT2D eigenvalue weighted by molar-refractivity contribution is -0.225. The summed E-state index contributed by atoms with van der Waals surface area (Å²) < 4.78 is 40.9. The van der Waals surface area contributed by atoms with E-state index in [0.29, 0.717) is 13.0 Å². The molecule has 11 heavy (non-hydrogen) atoms. The molecule has 0 spiro atoms. The van der Waals surface area contributed by atoms with Crippen LogP contribution in [-0.4, -0.2) is 31.0 Å². The Hall–Kier alpha value is -0.290. The maximum absolute atomic E-state index is 12.1. The average molecular weight is 167 g/mol. The van der Waals surface area contributed by atoms with E-state index in [1.165, 1.54) is 0 Å². The van der Waals surface area contributed by atoms with Gasteiger partial charge in [-0.15, -0.1) is 0 Å². The van der Waals surface area contributed by atoms with Gasteiger partial charge >= 0.3 is 6.18 Å². The molecule has 0 aromatic heterocycles. The fourth-order valence-corrected chi connectivity index (χ4v) is 1.67. The fourth-order valence-electron chi connectivity index (χ4n) is 1.67. The van der Waals surface area contributed by atoms with Gasteiger partial charge in [-0.25, -0.2) is 0 Å². The molecule has 2 nitrogen and oxygen atoms in total. The first kappa shape index (κ1) is 7.36. The van der Waals surface area contributed by atoms with Crippen molar-refractivity contribution in [3.8, 4) is 0 Å². The molecule has 2 aliphatic heterocycles. The molecule has 0 aromatic carbocycles. The van der Waals surface area contributed by atoms with Crippen LogP contribution in [-0.2, 0) is 4.74 Å². The fraction of sp³-hybridized carbons (Fsp3) is 1.00. The largest absolute Gasteiger partial charge is 0.416 e. The van der Waals surface area contributed by atoms with Crippen molar-refractivity contribution in [1.82, 2.24) is 5.32 Å². The summed E-state index contributed by atoms with van der Waals surface area (Å²) >= 11 is 0. The molecular weight excluding hydrogens is 159 g/mol. The summed E-state index contributed by atoms with van der Waals surface area (Å²) in [5.74, 6) is 0. The van der Waals surface area contributed by atoms with E-state index in [1.54, 1.807) is 0 Å². The van der Waals surface area contributed by atoms with Crippen LogP contribution in [0.1, 0.15) is 6.42 Å². The second-order valence-corrected chi connectivity index (χ2v) is 2.97. The zero-order valence-electron chi connectivity index (χ0n) is 5.69. The molecule has 5 heteroatoms. The van der Waals surface area contributed by atoms with Gasteiger partial charge in [-0.2, -0.15) is 13.2 Å². The molecule has 0 saturated carbocycles. The van der Waals surface area contributed by atoms with Crippen LogP contribution >= 0.6 is 0 Å². The van der Waals surface area contributed by atoms with Gasteiger partial charge in [0.25, 0.3) is 0 Å². The lowest BCUT2D eigenvalue weighted by Crippen LogP contribution is -2.47. The van der Waals surface area contributed by atoms with Crippen LogP contribution in [0.25, 0.3) is 0 Å². The molecule has 0 amide bonds. The van der Waals surface area contributed by atoms with Crippen LogP contribution in [0, 0.1) is 0 Å². The van der Waals surface area contributed by atoms with Gasteiger partial charge in [0.15, 0.2) is 6.10 Å².